The average Bonchev–Trinajstić information content (AvgIpc) is 3.09. The first-order valence-electron chi connectivity index (χ1n) is 16.5. The SMILES string of the molecule is CCN(C(=O)c1c(CN2CCN(C(=O)C(C(=O)O)c3ccccc3)CC2)c(-c2ccccc2)nc2ccccc12)C1CCCCC1. The van der Waals surface area contributed by atoms with Gasteiger partial charge in [0.15, 0.2) is 5.92 Å². The van der Waals surface area contributed by atoms with Gasteiger partial charge in [0, 0.05) is 61.8 Å². The van der Waals surface area contributed by atoms with Crippen molar-refractivity contribution in [1.29, 1.82) is 0 Å². The molecule has 3 aromatic carbocycles. The number of carbonyl (C=O) groups is 3. The number of carboxylic acids is 1. The van der Waals surface area contributed by atoms with E-state index in [1.165, 1.54) is 6.42 Å². The van der Waals surface area contributed by atoms with E-state index in [9.17, 15) is 19.5 Å². The van der Waals surface area contributed by atoms with E-state index in [0.717, 1.165) is 53.4 Å². The van der Waals surface area contributed by atoms with E-state index in [2.05, 4.69) is 16.7 Å². The van der Waals surface area contributed by atoms with Crippen molar-refractivity contribution in [3.8, 4) is 11.3 Å². The number of hydrogen-bond donors (Lipinski definition) is 1. The summed E-state index contributed by atoms with van der Waals surface area (Å²) in [5.74, 6) is -2.71. The molecule has 1 aliphatic carbocycles. The van der Waals surface area contributed by atoms with Crippen LogP contribution in [-0.2, 0) is 16.1 Å². The zero-order chi connectivity index (χ0) is 32.0. The second-order valence-electron chi connectivity index (χ2n) is 12.4. The lowest BCUT2D eigenvalue weighted by Gasteiger charge is -2.37. The Bertz CT molecular complexity index is 1680. The van der Waals surface area contributed by atoms with E-state index in [-0.39, 0.29) is 11.9 Å². The van der Waals surface area contributed by atoms with Crippen molar-refractivity contribution in [3.05, 3.63) is 102 Å². The average molecular weight is 619 g/mol. The van der Waals surface area contributed by atoms with Crippen LogP contribution in [0.25, 0.3) is 22.2 Å². The lowest BCUT2D eigenvalue weighted by Crippen LogP contribution is -2.50. The van der Waals surface area contributed by atoms with Crippen molar-refractivity contribution in [2.45, 2.75) is 57.5 Å². The van der Waals surface area contributed by atoms with Gasteiger partial charge in [0.25, 0.3) is 5.91 Å². The zero-order valence-corrected chi connectivity index (χ0v) is 26.5. The number of rotatable bonds is 9. The fourth-order valence-corrected chi connectivity index (χ4v) is 7.16. The molecule has 2 heterocycles. The highest BCUT2D eigenvalue weighted by molar-refractivity contribution is 6.09. The highest BCUT2D eigenvalue weighted by atomic mass is 16.4. The van der Waals surface area contributed by atoms with Gasteiger partial charge >= 0.3 is 5.97 Å². The Morgan fingerprint density at radius 3 is 2.13 bits per heavy atom. The third-order valence-corrected chi connectivity index (χ3v) is 9.56. The van der Waals surface area contributed by atoms with Gasteiger partial charge in [0.2, 0.25) is 5.91 Å². The molecule has 8 nitrogen and oxygen atoms in total. The highest BCUT2D eigenvalue weighted by Gasteiger charge is 2.35. The summed E-state index contributed by atoms with van der Waals surface area (Å²) in [4.78, 5) is 51.5. The van der Waals surface area contributed by atoms with Crippen LogP contribution in [0.3, 0.4) is 0 Å². The molecule has 4 aromatic rings. The number of carbonyl (C=O) groups excluding carboxylic acids is 2. The summed E-state index contributed by atoms with van der Waals surface area (Å²) in [7, 11) is 0. The van der Waals surface area contributed by atoms with Crippen molar-refractivity contribution in [2.24, 2.45) is 0 Å². The second-order valence-corrected chi connectivity index (χ2v) is 12.4. The van der Waals surface area contributed by atoms with Crippen LogP contribution in [0.2, 0.25) is 0 Å². The first kappa shape index (κ1) is 31.4. The number of aromatic nitrogens is 1. The molecule has 1 saturated heterocycles. The minimum atomic E-state index is -1.23. The first-order valence-corrected chi connectivity index (χ1v) is 16.5. The van der Waals surface area contributed by atoms with Crippen LogP contribution >= 0.6 is 0 Å². The molecule has 1 N–H and O–H groups in total. The van der Waals surface area contributed by atoms with Crippen molar-refractivity contribution in [1.82, 2.24) is 19.7 Å². The summed E-state index contributed by atoms with van der Waals surface area (Å²) in [5.41, 5.74) is 4.65. The van der Waals surface area contributed by atoms with Crippen molar-refractivity contribution >= 4 is 28.7 Å². The molecule has 2 fully saturated rings. The smallest absolute Gasteiger partial charge is 0.320 e. The molecule has 46 heavy (non-hydrogen) atoms. The molecule has 238 valence electrons. The Hall–Kier alpha value is -4.56. The summed E-state index contributed by atoms with van der Waals surface area (Å²) in [6.45, 7) is 5.14. The number of benzene rings is 3. The fraction of sp³-hybridized carbons (Fsp3) is 0.368. The Morgan fingerprint density at radius 2 is 1.48 bits per heavy atom. The Balaban J connectivity index is 1.34. The van der Waals surface area contributed by atoms with Crippen LogP contribution in [0, 0.1) is 0 Å². The van der Waals surface area contributed by atoms with E-state index < -0.39 is 17.8 Å². The minimum Gasteiger partial charge on any atom is -0.480 e. The molecule has 2 aliphatic rings. The number of para-hydroxylation sites is 1. The molecule has 0 spiro atoms. The number of nitrogens with zero attached hydrogens (tertiary/aromatic N) is 4. The molecule has 0 bridgehead atoms. The van der Waals surface area contributed by atoms with Crippen LogP contribution in [0.4, 0.5) is 0 Å². The molecule has 6 rings (SSSR count). The first-order chi connectivity index (χ1) is 22.5. The van der Waals surface area contributed by atoms with Gasteiger partial charge in [0.1, 0.15) is 0 Å². The molecular formula is C38H42N4O4. The standard InChI is InChI=1S/C38H42N4O4/c1-2-42(29-18-10-5-11-19-29)37(44)34-30-20-12-13-21-32(30)39-35(28-16-8-4-9-17-28)31(34)26-40-22-24-41(25-23-40)36(43)33(38(45)46)27-14-6-3-7-15-27/h3-4,6-9,12-17,20-21,29,33H,2,5,10-11,18-19,22-26H2,1H3,(H,45,46). The summed E-state index contributed by atoms with van der Waals surface area (Å²) < 4.78 is 0. The molecule has 0 radical (unpaired) electrons. The van der Waals surface area contributed by atoms with E-state index in [0.29, 0.717) is 50.4 Å². The molecule has 1 saturated carbocycles. The third kappa shape index (κ3) is 6.53. The number of hydrogen-bond acceptors (Lipinski definition) is 5. The number of amides is 2. The van der Waals surface area contributed by atoms with Crippen LogP contribution in [0.1, 0.15) is 66.4 Å². The monoisotopic (exact) mass is 618 g/mol. The van der Waals surface area contributed by atoms with Gasteiger partial charge in [-0.2, -0.15) is 0 Å². The Morgan fingerprint density at radius 1 is 0.848 bits per heavy atom. The summed E-state index contributed by atoms with van der Waals surface area (Å²) in [6.07, 6.45) is 5.56. The predicted molar refractivity (Wildman–Crippen MR) is 179 cm³/mol. The van der Waals surface area contributed by atoms with Gasteiger partial charge in [-0.15, -0.1) is 0 Å². The number of fused-ring (bicyclic) bond motifs is 1. The van der Waals surface area contributed by atoms with E-state index >= 15 is 0 Å². The van der Waals surface area contributed by atoms with Crippen molar-refractivity contribution in [3.63, 3.8) is 0 Å². The largest absolute Gasteiger partial charge is 0.480 e. The van der Waals surface area contributed by atoms with Crippen LogP contribution in [0.5, 0.6) is 0 Å². The molecule has 1 aromatic heterocycles. The molecule has 1 unspecified atom stereocenters. The van der Waals surface area contributed by atoms with Crippen LogP contribution in [-0.4, -0.2) is 81.3 Å². The van der Waals surface area contributed by atoms with Crippen LogP contribution < -0.4 is 0 Å². The minimum absolute atomic E-state index is 0.0566. The maximum absolute atomic E-state index is 14.7. The molecule has 8 heteroatoms. The number of pyridine rings is 1. The summed E-state index contributed by atoms with van der Waals surface area (Å²) in [6, 6.07) is 26.9. The normalized spacial score (nSPS) is 16.7. The van der Waals surface area contributed by atoms with E-state index in [1.807, 2.05) is 60.7 Å². The van der Waals surface area contributed by atoms with Crippen molar-refractivity contribution in [2.75, 3.05) is 32.7 Å². The third-order valence-electron chi connectivity index (χ3n) is 9.56. The highest BCUT2D eigenvalue weighted by Crippen LogP contribution is 2.34. The maximum atomic E-state index is 14.7. The number of carboxylic acid groups (broad SMARTS) is 1. The Labute approximate surface area is 270 Å². The van der Waals surface area contributed by atoms with Gasteiger partial charge in [-0.25, -0.2) is 4.98 Å². The fourth-order valence-electron chi connectivity index (χ4n) is 7.16. The Kier molecular flexibility index (Phi) is 9.73. The zero-order valence-electron chi connectivity index (χ0n) is 26.5. The molecule has 2 amide bonds. The van der Waals surface area contributed by atoms with Crippen molar-refractivity contribution < 1.29 is 19.5 Å². The second kappa shape index (κ2) is 14.3. The lowest BCUT2D eigenvalue weighted by atomic mass is 9.91. The molecular weight excluding hydrogens is 576 g/mol. The molecule has 1 atom stereocenters. The van der Waals surface area contributed by atoms with Gasteiger partial charge in [0.05, 0.1) is 16.8 Å². The lowest BCUT2D eigenvalue weighted by molar-refractivity contribution is -0.147. The summed E-state index contributed by atoms with van der Waals surface area (Å²) >= 11 is 0. The number of piperazine rings is 1. The number of aliphatic carboxylic acids is 1. The van der Waals surface area contributed by atoms with E-state index in [1.54, 1.807) is 29.2 Å². The summed E-state index contributed by atoms with van der Waals surface area (Å²) in [5, 5.41) is 10.8. The van der Waals surface area contributed by atoms with Gasteiger partial charge in [-0.1, -0.05) is 98.1 Å². The topological polar surface area (TPSA) is 94.1 Å². The van der Waals surface area contributed by atoms with E-state index in [4.69, 9.17) is 4.98 Å². The maximum Gasteiger partial charge on any atom is 0.320 e. The molecule has 1 aliphatic heterocycles. The van der Waals surface area contributed by atoms with Gasteiger partial charge < -0.3 is 14.9 Å². The van der Waals surface area contributed by atoms with Gasteiger partial charge in [-0.3, -0.25) is 19.3 Å². The predicted octanol–water partition coefficient (Wildman–Crippen LogP) is 6.21. The van der Waals surface area contributed by atoms with Gasteiger partial charge in [-0.05, 0) is 31.4 Å². The quantitative estimate of drug-likeness (QED) is 0.224. The van der Waals surface area contributed by atoms with Crippen LogP contribution in [0.15, 0.2) is 84.9 Å².